The maximum absolute atomic E-state index is 13.3. The Morgan fingerprint density at radius 3 is 1.44 bits per heavy atom. The summed E-state index contributed by atoms with van der Waals surface area (Å²) in [4.78, 5) is 48.3. The van der Waals surface area contributed by atoms with Crippen LogP contribution < -0.4 is 11.1 Å². The number of anilines is 1. The lowest BCUT2D eigenvalue weighted by atomic mass is 10.0. The summed E-state index contributed by atoms with van der Waals surface area (Å²) in [5, 5.41) is 14.2. The van der Waals surface area contributed by atoms with Crippen molar-refractivity contribution in [1.82, 2.24) is 54.7 Å². The van der Waals surface area contributed by atoms with Gasteiger partial charge in [0, 0.05) is 110 Å². The summed E-state index contributed by atoms with van der Waals surface area (Å²) in [6, 6.07) is 42.0. The third-order valence-corrected chi connectivity index (χ3v) is 13.9. The number of imidazole rings is 3. The van der Waals surface area contributed by atoms with Crippen LogP contribution in [-0.4, -0.2) is 77.9 Å². The molecule has 16 nitrogen and oxygen atoms in total. The lowest BCUT2D eigenvalue weighted by Gasteiger charge is -2.25. The van der Waals surface area contributed by atoms with E-state index >= 15 is 0 Å². The lowest BCUT2D eigenvalue weighted by molar-refractivity contribution is -0.384. The minimum atomic E-state index is -1.03. The number of nitrogens with zero attached hydrogens (tertiary/aromatic N) is 9. The predicted molar refractivity (Wildman–Crippen MR) is 298 cm³/mol. The molecule has 0 saturated carbocycles. The highest BCUT2D eigenvalue weighted by Crippen LogP contribution is 2.37. The second kappa shape index (κ2) is 24.0. The maximum atomic E-state index is 13.3. The van der Waals surface area contributed by atoms with Crippen molar-refractivity contribution in [3.63, 3.8) is 0 Å². The molecule has 6 aromatic heterocycles. The third kappa shape index (κ3) is 12.4. The lowest BCUT2D eigenvalue weighted by Crippen LogP contribution is -2.29. The van der Waals surface area contributed by atoms with Crippen molar-refractivity contribution in [2.24, 2.45) is 0 Å². The summed E-state index contributed by atoms with van der Waals surface area (Å²) >= 11 is 0. The highest BCUT2D eigenvalue weighted by Gasteiger charge is 2.24. The molecule has 5 aromatic carbocycles. The Morgan fingerprint density at radius 2 is 1.00 bits per heavy atom. The number of pyridine rings is 2. The van der Waals surface area contributed by atoms with Gasteiger partial charge >= 0.3 is 0 Å². The Kier molecular flexibility index (Phi) is 16.0. The first-order valence-electron chi connectivity index (χ1n) is 24.8. The van der Waals surface area contributed by atoms with E-state index in [1.54, 1.807) is 85.8 Å². The summed E-state index contributed by atoms with van der Waals surface area (Å²) in [5.74, 6) is 0.596. The number of aromatic amines is 2. The molecule has 79 heavy (non-hydrogen) atoms. The molecule has 0 radical (unpaired) electrons. The van der Waals surface area contributed by atoms with Crippen molar-refractivity contribution < 1.29 is 22.3 Å². The monoisotopic (exact) mass is 1080 g/mol. The second-order valence-electron chi connectivity index (χ2n) is 18.0. The van der Waals surface area contributed by atoms with Gasteiger partial charge in [0.05, 0.1) is 51.1 Å². The number of H-pyrrole nitrogens is 2. The molecule has 12 rings (SSSR count). The first-order chi connectivity index (χ1) is 38.4. The van der Waals surface area contributed by atoms with E-state index < -0.39 is 15.7 Å². The number of non-ortho nitro benzene ring substituents is 1. The van der Waals surface area contributed by atoms with Crippen molar-refractivity contribution in [1.29, 1.82) is 0 Å². The second-order valence-corrected chi connectivity index (χ2v) is 19.4. The van der Waals surface area contributed by atoms with E-state index in [4.69, 9.17) is 10.7 Å². The summed E-state index contributed by atoms with van der Waals surface area (Å²) in [7, 11) is -1.03. The number of nitrogens with one attached hydrogen (secondary N) is 3. The van der Waals surface area contributed by atoms with E-state index in [1.807, 2.05) is 60.9 Å². The van der Waals surface area contributed by atoms with Crippen LogP contribution in [0, 0.1) is 27.6 Å². The smallest absolute Gasteiger partial charge is 0.269 e. The number of hydrogen-bond acceptors (Lipinski definition) is 12. The Hall–Kier alpha value is -9.79. The highest BCUT2D eigenvalue weighted by atomic mass is 32.2. The van der Waals surface area contributed by atoms with Crippen LogP contribution in [0.2, 0.25) is 0 Å². The highest BCUT2D eigenvalue weighted by molar-refractivity contribution is 7.84. The number of benzene rings is 5. The maximum Gasteiger partial charge on any atom is 0.269 e. The van der Waals surface area contributed by atoms with E-state index in [2.05, 4.69) is 49.8 Å². The first kappa shape index (κ1) is 52.6. The molecule has 7 heterocycles. The van der Waals surface area contributed by atoms with Crippen LogP contribution in [0.3, 0.4) is 0 Å². The molecule has 1 aliphatic rings. The number of hydrogen-bond donors (Lipinski definition) is 4. The SMILES string of the molecule is CS(=O)c1ccc(-c2nc(-c3ccc(F)cc3)c(-c3ccncc3)[nH]2)cc1.Nc1nccc(-c2c(-c3ccc(F)cc3)ncn2C2CCNCC2)n1.O=[N+]([O-])c1ccc(-c2nc(-c3ccc(F)cc3)c(-c3ccncc3)[nH]2)cc1. The molecule has 0 spiro atoms. The van der Waals surface area contributed by atoms with Gasteiger partial charge in [-0.25, -0.2) is 38.1 Å². The van der Waals surface area contributed by atoms with Gasteiger partial charge in [-0.05, 0) is 153 Å². The van der Waals surface area contributed by atoms with E-state index in [1.165, 1.54) is 48.5 Å². The largest absolute Gasteiger partial charge is 0.368 e. The van der Waals surface area contributed by atoms with Crippen LogP contribution >= 0.6 is 0 Å². The molecule has 5 N–H and O–H groups in total. The zero-order valence-electron chi connectivity index (χ0n) is 42.2. The molecule has 1 fully saturated rings. The zero-order chi connectivity index (χ0) is 54.8. The Balaban J connectivity index is 0.000000134. The van der Waals surface area contributed by atoms with Crippen LogP contribution in [0.1, 0.15) is 18.9 Å². The molecular formula is C59H48F3N13O3S. The molecule has 0 bridgehead atoms. The van der Waals surface area contributed by atoms with Gasteiger partial charge in [0.25, 0.3) is 5.69 Å². The normalized spacial score (nSPS) is 12.7. The van der Waals surface area contributed by atoms with E-state index in [9.17, 15) is 27.5 Å². The fourth-order valence-corrected chi connectivity index (χ4v) is 9.47. The predicted octanol–water partition coefficient (Wildman–Crippen LogP) is 12.2. The third-order valence-electron chi connectivity index (χ3n) is 12.9. The summed E-state index contributed by atoms with van der Waals surface area (Å²) < 4.78 is 53.7. The summed E-state index contributed by atoms with van der Waals surface area (Å²) in [5.41, 5.74) is 17.0. The average molecular weight is 1080 g/mol. The quantitative estimate of drug-likeness (QED) is 0.0701. The molecule has 394 valence electrons. The number of aromatic nitrogens is 10. The van der Waals surface area contributed by atoms with Crippen LogP contribution in [0.5, 0.6) is 0 Å². The number of nitro groups is 1. The van der Waals surface area contributed by atoms with Crippen LogP contribution in [0.25, 0.3) is 90.5 Å². The Morgan fingerprint density at radius 1 is 0.557 bits per heavy atom. The Bertz CT molecular complexity index is 3680. The van der Waals surface area contributed by atoms with E-state index in [0.717, 1.165) is 98.4 Å². The minimum Gasteiger partial charge on any atom is -0.368 e. The van der Waals surface area contributed by atoms with Crippen LogP contribution in [0.4, 0.5) is 24.8 Å². The number of nitrogen functional groups attached to an aromatic ring is 1. The van der Waals surface area contributed by atoms with Gasteiger partial charge in [0.15, 0.2) is 0 Å². The number of nitro benzene ring substituents is 1. The summed E-state index contributed by atoms with van der Waals surface area (Å²) in [6.07, 6.45) is 14.0. The van der Waals surface area contributed by atoms with Gasteiger partial charge < -0.3 is 25.6 Å². The number of halogens is 3. The van der Waals surface area contributed by atoms with Gasteiger partial charge in [-0.1, -0.05) is 12.1 Å². The van der Waals surface area contributed by atoms with Crippen molar-refractivity contribution in [3.8, 4) is 90.5 Å². The van der Waals surface area contributed by atoms with Crippen LogP contribution in [-0.2, 0) is 10.8 Å². The van der Waals surface area contributed by atoms with Gasteiger partial charge in [0.1, 0.15) is 29.1 Å². The molecule has 1 unspecified atom stereocenters. The van der Waals surface area contributed by atoms with Crippen LogP contribution in [0.15, 0.2) is 194 Å². The number of rotatable bonds is 11. The van der Waals surface area contributed by atoms with E-state index in [-0.39, 0.29) is 29.1 Å². The molecule has 0 amide bonds. The molecule has 20 heteroatoms. The molecule has 1 atom stereocenters. The van der Waals surface area contributed by atoms with Gasteiger partial charge in [-0.15, -0.1) is 0 Å². The average Bonchev–Trinajstić information content (AvgIpc) is 4.35. The van der Waals surface area contributed by atoms with Crippen molar-refractivity contribution in [2.45, 2.75) is 23.8 Å². The van der Waals surface area contributed by atoms with Gasteiger partial charge in [-0.2, -0.15) is 0 Å². The minimum absolute atomic E-state index is 0.0124. The Labute approximate surface area is 453 Å². The van der Waals surface area contributed by atoms with Crippen molar-refractivity contribution >= 4 is 22.4 Å². The number of piperidine rings is 1. The molecular weight excluding hydrogens is 1030 g/mol. The standard InChI is InChI=1S/C21H16FN3OS.C20H13FN4O2.C18H19FN6/c1-27(26)18-8-4-16(5-9-18)21-24-19(14-2-6-17(22)7-3-14)20(25-21)15-10-12-23-13-11-15;21-16-5-1-13(2-6-16)18-19(14-9-11-22-12-10-14)24-20(23-18)15-3-7-17(8-4-15)25(26)27;19-13-3-1-12(2-4-13)16-17(15-7-10-22-18(20)24-15)25(11-23-16)14-5-8-21-9-6-14/h2-13H,1H3,(H,24,25);1-12H,(H,23,24);1-4,7,10-11,14,21H,5-6,8-9H2,(H2,20,22,24). The van der Waals surface area contributed by atoms with Crippen molar-refractivity contribution in [3.05, 3.63) is 217 Å². The molecule has 0 aliphatic carbocycles. The molecule has 11 aromatic rings. The van der Waals surface area contributed by atoms with Crippen molar-refractivity contribution in [2.75, 3.05) is 25.1 Å². The molecule has 1 aliphatic heterocycles. The number of nitrogens with two attached hydrogens (primary N) is 1. The molecule has 1 saturated heterocycles. The summed E-state index contributed by atoms with van der Waals surface area (Å²) in [6.45, 7) is 1.94. The van der Waals surface area contributed by atoms with E-state index in [0.29, 0.717) is 28.9 Å². The topological polar surface area (TPSA) is 225 Å². The van der Waals surface area contributed by atoms with Gasteiger partial charge in [0.2, 0.25) is 5.95 Å². The fourth-order valence-electron chi connectivity index (χ4n) is 8.95. The fraction of sp³-hybridized carbons (Fsp3) is 0.102. The first-order valence-corrected chi connectivity index (χ1v) is 26.4. The zero-order valence-corrected chi connectivity index (χ0v) is 43.0. The van der Waals surface area contributed by atoms with Gasteiger partial charge in [-0.3, -0.25) is 24.3 Å².